The quantitative estimate of drug-likeness (QED) is 0.501. The zero-order valence-corrected chi connectivity index (χ0v) is 11.5. The summed E-state index contributed by atoms with van der Waals surface area (Å²) in [4.78, 5) is 34.2. The first kappa shape index (κ1) is 16.4. The molecular formula is C12H20N2O6. The molecule has 1 amide bonds. The Morgan fingerprint density at radius 3 is 2.65 bits per heavy atom. The molecule has 1 fully saturated rings. The number of carboxylic acids is 1. The van der Waals surface area contributed by atoms with Crippen molar-refractivity contribution in [3.63, 3.8) is 0 Å². The predicted octanol–water partition coefficient (Wildman–Crippen LogP) is -1.26. The Hall–Kier alpha value is -1.67. The summed E-state index contributed by atoms with van der Waals surface area (Å²) in [7, 11) is 1.16. The van der Waals surface area contributed by atoms with Gasteiger partial charge in [-0.1, -0.05) is 6.92 Å². The van der Waals surface area contributed by atoms with Crippen LogP contribution in [0.1, 0.15) is 13.3 Å². The van der Waals surface area contributed by atoms with E-state index >= 15 is 0 Å². The van der Waals surface area contributed by atoms with Gasteiger partial charge in [0.25, 0.3) is 0 Å². The average molecular weight is 288 g/mol. The van der Waals surface area contributed by atoms with Crippen LogP contribution in [0.3, 0.4) is 0 Å². The summed E-state index contributed by atoms with van der Waals surface area (Å²) in [6.45, 7) is 3.22. The van der Waals surface area contributed by atoms with Crippen LogP contribution in [0, 0.1) is 5.92 Å². The van der Waals surface area contributed by atoms with E-state index in [1.807, 2.05) is 6.92 Å². The maximum Gasteiger partial charge on any atom is 0.326 e. The maximum atomic E-state index is 12.1. The Morgan fingerprint density at radius 1 is 1.40 bits per heavy atom. The van der Waals surface area contributed by atoms with E-state index in [4.69, 9.17) is 9.84 Å². The number of methoxy groups -OCH3 is 1. The highest BCUT2D eigenvalue weighted by atomic mass is 16.5. The molecule has 1 rings (SSSR count). The molecule has 0 spiro atoms. The lowest BCUT2D eigenvalue weighted by Crippen LogP contribution is -2.49. The standard InChI is InChI=1S/C12H20N2O6/c1-3-13-9-6-20-5-7(9)11(16)14-8(12(17)18)4-10(15)19-2/h7-9,13H,3-6H2,1-2H3,(H,14,16)(H,17,18)/t7?,8-,9?/m0/s1. The second kappa shape index (κ2) is 7.81. The van der Waals surface area contributed by atoms with E-state index in [2.05, 4.69) is 15.4 Å². The summed E-state index contributed by atoms with van der Waals surface area (Å²) in [5, 5.41) is 14.5. The summed E-state index contributed by atoms with van der Waals surface area (Å²) in [6.07, 6.45) is -0.406. The number of likely N-dealkylation sites (N-methyl/N-ethyl adjacent to an activating group) is 1. The number of nitrogens with one attached hydrogen (secondary N) is 2. The van der Waals surface area contributed by atoms with Gasteiger partial charge in [-0.2, -0.15) is 0 Å². The minimum absolute atomic E-state index is 0.146. The van der Waals surface area contributed by atoms with Crippen LogP contribution in [0.25, 0.3) is 0 Å². The Balaban J connectivity index is 2.61. The number of hydrogen-bond acceptors (Lipinski definition) is 6. The third kappa shape index (κ3) is 4.46. The molecule has 0 aliphatic carbocycles. The van der Waals surface area contributed by atoms with Crippen molar-refractivity contribution in [3.8, 4) is 0 Å². The van der Waals surface area contributed by atoms with Gasteiger partial charge in [0.15, 0.2) is 0 Å². The average Bonchev–Trinajstić information content (AvgIpc) is 2.86. The van der Waals surface area contributed by atoms with E-state index < -0.39 is 36.2 Å². The highest BCUT2D eigenvalue weighted by Crippen LogP contribution is 2.14. The molecule has 1 aliphatic rings. The molecule has 114 valence electrons. The van der Waals surface area contributed by atoms with Gasteiger partial charge < -0.3 is 25.2 Å². The van der Waals surface area contributed by atoms with Gasteiger partial charge in [-0.05, 0) is 6.54 Å². The molecule has 3 atom stereocenters. The van der Waals surface area contributed by atoms with Crippen molar-refractivity contribution >= 4 is 17.8 Å². The Bertz CT molecular complexity index is 373. The van der Waals surface area contributed by atoms with Gasteiger partial charge in [-0.3, -0.25) is 9.59 Å². The van der Waals surface area contributed by atoms with Gasteiger partial charge in [0.2, 0.25) is 5.91 Å². The molecule has 1 saturated heterocycles. The van der Waals surface area contributed by atoms with Gasteiger partial charge in [0.05, 0.1) is 32.7 Å². The highest BCUT2D eigenvalue weighted by Gasteiger charge is 2.35. The summed E-state index contributed by atoms with van der Waals surface area (Å²) >= 11 is 0. The molecule has 20 heavy (non-hydrogen) atoms. The third-order valence-corrected chi connectivity index (χ3v) is 3.10. The van der Waals surface area contributed by atoms with Crippen molar-refractivity contribution in [2.24, 2.45) is 5.92 Å². The zero-order chi connectivity index (χ0) is 15.1. The highest BCUT2D eigenvalue weighted by molar-refractivity contribution is 5.88. The van der Waals surface area contributed by atoms with Crippen molar-refractivity contribution in [2.45, 2.75) is 25.4 Å². The Labute approximate surface area is 116 Å². The lowest BCUT2D eigenvalue weighted by molar-refractivity contribution is -0.149. The second-order valence-electron chi connectivity index (χ2n) is 4.49. The fourth-order valence-corrected chi connectivity index (χ4v) is 2.00. The summed E-state index contributed by atoms with van der Waals surface area (Å²) < 4.78 is 9.63. The van der Waals surface area contributed by atoms with Gasteiger partial charge >= 0.3 is 11.9 Å². The van der Waals surface area contributed by atoms with E-state index in [0.29, 0.717) is 13.2 Å². The molecular weight excluding hydrogens is 268 g/mol. The van der Waals surface area contributed by atoms with Gasteiger partial charge in [0.1, 0.15) is 6.04 Å². The maximum absolute atomic E-state index is 12.1. The number of esters is 1. The van der Waals surface area contributed by atoms with Crippen molar-refractivity contribution in [1.82, 2.24) is 10.6 Å². The fourth-order valence-electron chi connectivity index (χ4n) is 2.00. The fraction of sp³-hybridized carbons (Fsp3) is 0.750. The molecule has 0 aromatic rings. The number of carbonyl (C=O) groups excluding carboxylic acids is 2. The first-order valence-corrected chi connectivity index (χ1v) is 6.40. The number of carboxylic acid groups (broad SMARTS) is 1. The zero-order valence-electron chi connectivity index (χ0n) is 11.5. The second-order valence-corrected chi connectivity index (χ2v) is 4.49. The lowest BCUT2D eigenvalue weighted by Gasteiger charge is -2.20. The van der Waals surface area contributed by atoms with Crippen LogP contribution < -0.4 is 10.6 Å². The topological polar surface area (TPSA) is 114 Å². The molecule has 0 aromatic carbocycles. The van der Waals surface area contributed by atoms with Gasteiger partial charge in [-0.25, -0.2) is 4.79 Å². The van der Waals surface area contributed by atoms with Crippen molar-refractivity contribution < 1.29 is 29.0 Å². The summed E-state index contributed by atoms with van der Waals surface area (Å²) in [6, 6.07) is -1.44. The summed E-state index contributed by atoms with van der Waals surface area (Å²) in [5.41, 5.74) is 0. The molecule has 3 N–H and O–H groups in total. The van der Waals surface area contributed by atoms with Crippen molar-refractivity contribution in [2.75, 3.05) is 26.9 Å². The number of amides is 1. The number of carbonyl (C=O) groups is 3. The first-order chi connectivity index (χ1) is 9.49. The smallest absolute Gasteiger partial charge is 0.326 e. The molecule has 0 bridgehead atoms. The van der Waals surface area contributed by atoms with Crippen LogP contribution in [-0.2, 0) is 23.9 Å². The summed E-state index contributed by atoms with van der Waals surface area (Å²) in [5.74, 6) is -2.87. The third-order valence-electron chi connectivity index (χ3n) is 3.10. The van der Waals surface area contributed by atoms with E-state index in [0.717, 1.165) is 7.11 Å². The number of hydrogen-bond donors (Lipinski definition) is 3. The predicted molar refractivity (Wildman–Crippen MR) is 68.0 cm³/mol. The molecule has 8 heteroatoms. The number of ether oxygens (including phenoxy) is 2. The van der Waals surface area contributed by atoms with Crippen LogP contribution in [0.5, 0.6) is 0 Å². The molecule has 2 unspecified atom stereocenters. The van der Waals surface area contributed by atoms with Crippen LogP contribution in [0.2, 0.25) is 0 Å². The van der Waals surface area contributed by atoms with E-state index in [1.54, 1.807) is 0 Å². The Morgan fingerprint density at radius 2 is 2.10 bits per heavy atom. The van der Waals surface area contributed by atoms with Crippen LogP contribution in [-0.4, -0.2) is 61.9 Å². The minimum Gasteiger partial charge on any atom is -0.480 e. The van der Waals surface area contributed by atoms with Gasteiger partial charge in [-0.15, -0.1) is 0 Å². The first-order valence-electron chi connectivity index (χ1n) is 6.40. The number of rotatable bonds is 7. The van der Waals surface area contributed by atoms with Crippen LogP contribution in [0.15, 0.2) is 0 Å². The lowest BCUT2D eigenvalue weighted by atomic mass is 10.0. The van der Waals surface area contributed by atoms with Gasteiger partial charge in [0, 0.05) is 6.04 Å². The largest absolute Gasteiger partial charge is 0.480 e. The van der Waals surface area contributed by atoms with Crippen LogP contribution in [0.4, 0.5) is 0 Å². The minimum atomic E-state index is -1.29. The van der Waals surface area contributed by atoms with E-state index in [-0.39, 0.29) is 12.6 Å². The molecule has 1 aliphatic heterocycles. The monoisotopic (exact) mass is 288 g/mol. The molecule has 1 heterocycles. The SMILES string of the molecule is CCNC1COCC1C(=O)N[C@@H](CC(=O)OC)C(=O)O. The molecule has 8 nitrogen and oxygen atoms in total. The Kier molecular flexibility index (Phi) is 6.40. The van der Waals surface area contributed by atoms with Crippen LogP contribution >= 0.6 is 0 Å². The molecule has 0 radical (unpaired) electrons. The number of aliphatic carboxylic acids is 1. The normalized spacial score (nSPS) is 23.1. The van der Waals surface area contributed by atoms with E-state index in [9.17, 15) is 14.4 Å². The van der Waals surface area contributed by atoms with Crippen molar-refractivity contribution in [1.29, 1.82) is 0 Å². The van der Waals surface area contributed by atoms with E-state index in [1.165, 1.54) is 0 Å². The molecule has 0 saturated carbocycles. The molecule has 0 aromatic heterocycles. The van der Waals surface area contributed by atoms with Crippen molar-refractivity contribution in [3.05, 3.63) is 0 Å².